The first-order chi connectivity index (χ1) is 8.35. The van der Waals surface area contributed by atoms with Crippen LogP contribution in [0.4, 0.5) is 0 Å². The fraction of sp³-hybridized carbons (Fsp3) is 0.714. The van der Waals surface area contributed by atoms with E-state index in [4.69, 9.17) is 4.98 Å². The number of hydrogen-bond donors (Lipinski definition) is 1. The highest BCUT2D eigenvalue weighted by atomic mass is 14.9. The summed E-state index contributed by atoms with van der Waals surface area (Å²) < 4.78 is 0. The second-order valence-corrected chi connectivity index (χ2v) is 4.96. The van der Waals surface area contributed by atoms with Crippen molar-refractivity contribution in [2.45, 2.75) is 57.9 Å². The normalized spacial score (nSPS) is 16.6. The fourth-order valence-electron chi connectivity index (χ4n) is 2.63. The van der Waals surface area contributed by atoms with Crippen molar-refractivity contribution in [1.29, 1.82) is 0 Å². The lowest BCUT2D eigenvalue weighted by Crippen LogP contribution is -2.12. The van der Waals surface area contributed by atoms with Crippen LogP contribution in [-0.2, 0) is 13.0 Å². The van der Waals surface area contributed by atoms with E-state index in [0.717, 1.165) is 25.2 Å². The van der Waals surface area contributed by atoms with Crippen LogP contribution in [0.3, 0.4) is 0 Å². The Hall–Kier alpha value is -0.960. The molecular weight excluding hydrogens is 210 g/mol. The van der Waals surface area contributed by atoms with E-state index in [1.54, 1.807) is 0 Å². The van der Waals surface area contributed by atoms with Gasteiger partial charge in [0, 0.05) is 29.9 Å². The number of aromatic nitrogens is 2. The van der Waals surface area contributed by atoms with Crippen LogP contribution in [0, 0.1) is 0 Å². The summed E-state index contributed by atoms with van der Waals surface area (Å²) in [4.78, 5) is 9.38. The van der Waals surface area contributed by atoms with Crippen molar-refractivity contribution >= 4 is 0 Å². The molecule has 1 heterocycles. The quantitative estimate of drug-likeness (QED) is 0.849. The third-order valence-corrected chi connectivity index (χ3v) is 3.55. The predicted octanol–water partition coefficient (Wildman–Crippen LogP) is 2.81. The van der Waals surface area contributed by atoms with Gasteiger partial charge in [-0.1, -0.05) is 26.2 Å². The number of hydrogen-bond acceptors (Lipinski definition) is 3. The molecule has 1 aliphatic rings. The minimum absolute atomic E-state index is 0.620. The van der Waals surface area contributed by atoms with Crippen molar-refractivity contribution in [3.63, 3.8) is 0 Å². The van der Waals surface area contributed by atoms with E-state index in [0.29, 0.717) is 5.92 Å². The molecule has 1 aliphatic carbocycles. The molecule has 2 rings (SSSR count). The molecule has 0 radical (unpaired) electrons. The molecular formula is C14H23N3. The highest BCUT2D eigenvalue weighted by molar-refractivity contribution is 5.19. The van der Waals surface area contributed by atoms with Crippen LogP contribution in [0.2, 0.25) is 0 Å². The molecule has 3 heteroatoms. The maximum Gasteiger partial charge on any atom is 0.131 e. The zero-order valence-electron chi connectivity index (χ0n) is 11.0. The Balaban J connectivity index is 2.20. The van der Waals surface area contributed by atoms with Crippen LogP contribution in [-0.4, -0.2) is 17.0 Å². The summed E-state index contributed by atoms with van der Waals surface area (Å²) in [5, 5.41) is 3.19. The highest BCUT2D eigenvalue weighted by Crippen LogP contribution is 2.32. The maximum absolute atomic E-state index is 4.81. The average Bonchev–Trinajstić information content (AvgIpc) is 2.85. The van der Waals surface area contributed by atoms with Crippen LogP contribution in [0.5, 0.6) is 0 Å². The minimum atomic E-state index is 0.620. The molecule has 0 spiro atoms. The lowest BCUT2D eigenvalue weighted by atomic mass is 10.1. The van der Waals surface area contributed by atoms with Crippen LogP contribution in [0.1, 0.15) is 62.0 Å². The van der Waals surface area contributed by atoms with Crippen LogP contribution < -0.4 is 5.32 Å². The molecule has 0 aromatic carbocycles. The Labute approximate surface area is 104 Å². The van der Waals surface area contributed by atoms with Crippen molar-refractivity contribution in [2.24, 2.45) is 0 Å². The summed E-state index contributed by atoms with van der Waals surface area (Å²) in [5.41, 5.74) is 2.51. The topological polar surface area (TPSA) is 37.8 Å². The van der Waals surface area contributed by atoms with Gasteiger partial charge in [0.05, 0.1) is 0 Å². The first-order valence-electron chi connectivity index (χ1n) is 6.84. The van der Waals surface area contributed by atoms with Crippen molar-refractivity contribution in [2.75, 3.05) is 7.05 Å². The Morgan fingerprint density at radius 2 is 2.12 bits per heavy atom. The van der Waals surface area contributed by atoms with E-state index in [1.807, 2.05) is 13.2 Å². The molecule has 17 heavy (non-hydrogen) atoms. The van der Waals surface area contributed by atoms with E-state index in [2.05, 4.69) is 17.2 Å². The van der Waals surface area contributed by atoms with E-state index < -0.39 is 0 Å². The molecule has 3 nitrogen and oxygen atoms in total. The highest BCUT2D eigenvalue weighted by Gasteiger charge is 2.20. The van der Waals surface area contributed by atoms with Gasteiger partial charge in [0.15, 0.2) is 0 Å². The number of nitrogens with zero attached hydrogens (tertiary/aromatic N) is 2. The van der Waals surface area contributed by atoms with Crippen LogP contribution >= 0.6 is 0 Å². The average molecular weight is 233 g/mol. The Morgan fingerprint density at radius 1 is 1.35 bits per heavy atom. The Morgan fingerprint density at radius 3 is 2.76 bits per heavy atom. The molecule has 1 aromatic heterocycles. The van der Waals surface area contributed by atoms with Crippen LogP contribution in [0.25, 0.3) is 0 Å². The lowest BCUT2D eigenvalue weighted by molar-refractivity contribution is 0.649. The summed E-state index contributed by atoms with van der Waals surface area (Å²) >= 11 is 0. The molecule has 1 N–H and O–H groups in total. The second-order valence-electron chi connectivity index (χ2n) is 4.96. The zero-order valence-corrected chi connectivity index (χ0v) is 11.0. The summed E-state index contributed by atoms with van der Waals surface area (Å²) in [6, 6.07) is 0. The lowest BCUT2D eigenvalue weighted by Gasteiger charge is -2.12. The largest absolute Gasteiger partial charge is 0.316 e. The van der Waals surface area contributed by atoms with E-state index in [9.17, 15) is 0 Å². The van der Waals surface area contributed by atoms with E-state index in [1.165, 1.54) is 36.9 Å². The second kappa shape index (κ2) is 6.10. The third-order valence-electron chi connectivity index (χ3n) is 3.55. The van der Waals surface area contributed by atoms with Gasteiger partial charge >= 0.3 is 0 Å². The van der Waals surface area contributed by atoms with Gasteiger partial charge in [0.25, 0.3) is 0 Å². The SMILES string of the molecule is CCCc1nc(C2CCCC2)ncc1CNC. The standard InChI is InChI=1S/C14H23N3/c1-3-6-13-12(9-15-2)10-16-14(17-13)11-7-4-5-8-11/h10-11,15H,3-9H2,1-2H3. The molecule has 0 amide bonds. The molecule has 0 unspecified atom stereocenters. The van der Waals surface area contributed by atoms with Gasteiger partial charge in [0.2, 0.25) is 0 Å². The summed E-state index contributed by atoms with van der Waals surface area (Å²) in [5.74, 6) is 1.71. The number of aryl methyl sites for hydroxylation is 1. The number of rotatable bonds is 5. The monoisotopic (exact) mass is 233 g/mol. The third kappa shape index (κ3) is 3.03. The van der Waals surface area contributed by atoms with Gasteiger partial charge in [-0.05, 0) is 26.3 Å². The summed E-state index contributed by atoms with van der Waals surface area (Å²) in [6.07, 6.45) is 9.48. The van der Waals surface area contributed by atoms with Crippen molar-refractivity contribution in [3.8, 4) is 0 Å². The predicted molar refractivity (Wildman–Crippen MR) is 70.0 cm³/mol. The van der Waals surface area contributed by atoms with Crippen molar-refractivity contribution < 1.29 is 0 Å². The first-order valence-corrected chi connectivity index (χ1v) is 6.84. The molecule has 0 aliphatic heterocycles. The van der Waals surface area contributed by atoms with Gasteiger partial charge < -0.3 is 5.32 Å². The Kier molecular flexibility index (Phi) is 4.49. The molecule has 1 saturated carbocycles. The van der Waals surface area contributed by atoms with E-state index >= 15 is 0 Å². The van der Waals surface area contributed by atoms with Gasteiger partial charge in [0.1, 0.15) is 5.82 Å². The maximum atomic E-state index is 4.81. The number of nitrogens with one attached hydrogen (secondary N) is 1. The van der Waals surface area contributed by atoms with Gasteiger partial charge in [-0.25, -0.2) is 9.97 Å². The molecule has 1 fully saturated rings. The van der Waals surface area contributed by atoms with Crippen molar-refractivity contribution in [3.05, 3.63) is 23.3 Å². The molecule has 0 atom stereocenters. The minimum Gasteiger partial charge on any atom is -0.316 e. The molecule has 1 aromatic rings. The summed E-state index contributed by atoms with van der Waals surface area (Å²) in [7, 11) is 1.97. The van der Waals surface area contributed by atoms with Gasteiger partial charge in [-0.3, -0.25) is 0 Å². The Bertz CT molecular complexity index is 356. The fourth-order valence-corrected chi connectivity index (χ4v) is 2.63. The first kappa shape index (κ1) is 12.5. The summed E-state index contributed by atoms with van der Waals surface area (Å²) in [6.45, 7) is 3.08. The van der Waals surface area contributed by atoms with Gasteiger partial charge in [-0.15, -0.1) is 0 Å². The van der Waals surface area contributed by atoms with E-state index in [-0.39, 0.29) is 0 Å². The van der Waals surface area contributed by atoms with Crippen LogP contribution in [0.15, 0.2) is 6.20 Å². The molecule has 94 valence electrons. The zero-order chi connectivity index (χ0) is 12.1. The van der Waals surface area contributed by atoms with Crippen molar-refractivity contribution in [1.82, 2.24) is 15.3 Å². The molecule has 0 saturated heterocycles. The van der Waals surface area contributed by atoms with Gasteiger partial charge in [-0.2, -0.15) is 0 Å². The smallest absolute Gasteiger partial charge is 0.131 e. The molecule has 0 bridgehead atoms.